The number of fused-ring (bicyclic) bond motifs is 1. The van der Waals surface area contributed by atoms with E-state index in [9.17, 15) is 19.3 Å². The van der Waals surface area contributed by atoms with Gasteiger partial charge in [-0.05, 0) is 44.9 Å². The molecule has 1 aromatic carbocycles. The third kappa shape index (κ3) is 5.97. The number of nitrogen functional groups attached to an aromatic ring is 1. The Hall–Kier alpha value is -3.51. The van der Waals surface area contributed by atoms with Crippen molar-refractivity contribution in [2.45, 2.75) is 51.5 Å². The lowest BCUT2D eigenvalue weighted by Crippen LogP contribution is -2.36. The Morgan fingerprint density at radius 3 is 2.74 bits per heavy atom. The van der Waals surface area contributed by atoms with Crippen LogP contribution in [0.2, 0.25) is 0 Å². The fourth-order valence-electron chi connectivity index (χ4n) is 4.23. The van der Waals surface area contributed by atoms with E-state index >= 15 is 0 Å². The van der Waals surface area contributed by atoms with Gasteiger partial charge in [-0.15, -0.1) is 0 Å². The van der Waals surface area contributed by atoms with Crippen LogP contribution in [0.1, 0.15) is 33.2 Å². The van der Waals surface area contributed by atoms with Gasteiger partial charge in [0, 0.05) is 5.92 Å². The summed E-state index contributed by atoms with van der Waals surface area (Å²) in [6.07, 6.45) is 0.375. The second-order valence-electron chi connectivity index (χ2n) is 9.31. The van der Waals surface area contributed by atoms with Crippen molar-refractivity contribution in [1.29, 1.82) is 0 Å². The van der Waals surface area contributed by atoms with Gasteiger partial charge in [-0.2, -0.15) is 10.1 Å². The molecule has 0 saturated heterocycles. The van der Waals surface area contributed by atoms with Crippen LogP contribution in [-0.2, 0) is 18.6 Å². The highest BCUT2D eigenvalue weighted by atomic mass is 31.2. The molecule has 5 N–H and O–H groups in total. The Balaban J connectivity index is 1.53. The number of aromatic amines is 1. The quantitative estimate of drug-likeness (QED) is 0.166. The molecule has 2 heterocycles. The SMILES string of the molecule is C=C1[C@H](CO[P@](=O)(N[C@@H](C)C(=O)OC(C)C)Oc2ccccc2)[C@@H](O)C[C@@H]1n1cnc2c(=O)[nH]c(N)nc21. The first-order valence-electron chi connectivity index (χ1n) is 12.0. The molecular formula is C24H31N6O7P. The molecule has 5 atom stereocenters. The summed E-state index contributed by atoms with van der Waals surface area (Å²) in [5.74, 6) is -1.08. The highest BCUT2D eigenvalue weighted by molar-refractivity contribution is 7.52. The van der Waals surface area contributed by atoms with Crippen LogP contribution >= 0.6 is 7.75 Å². The first-order valence-corrected chi connectivity index (χ1v) is 13.6. The molecule has 1 aliphatic rings. The van der Waals surface area contributed by atoms with Gasteiger partial charge in [0.05, 0.1) is 31.2 Å². The fraction of sp³-hybridized carbons (Fsp3) is 0.417. The highest BCUT2D eigenvalue weighted by Crippen LogP contribution is 2.48. The van der Waals surface area contributed by atoms with E-state index in [0.717, 1.165) is 0 Å². The molecule has 204 valence electrons. The minimum atomic E-state index is -4.13. The third-order valence-electron chi connectivity index (χ3n) is 6.07. The molecule has 1 aliphatic carbocycles. The van der Waals surface area contributed by atoms with Crippen molar-refractivity contribution in [3.05, 3.63) is 59.2 Å². The minimum Gasteiger partial charge on any atom is -0.462 e. The molecule has 4 rings (SSSR count). The van der Waals surface area contributed by atoms with Gasteiger partial charge in [0.25, 0.3) is 5.56 Å². The highest BCUT2D eigenvalue weighted by Gasteiger charge is 2.41. The average Bonchev–Trinajstić information content (AvgIpc) is 3.38. The first-order chi connectivity index (χ1) is 18.0. The minimum absolute atomic E-state index is 0.0662. The number of anilines is 1. The number of imidazole rings is 1. The number of aromatic nitrogens is 4. The number of ether oxygens (including phenoxy) is 1. The zero-order valence-corrected chi connectivity index (χ0v) is 22.1. The number of hydrogen-bond donors (Lipinski definition) is 4. The predicted molar refractivity (Wildman–Crippen MR) is 139 cm³/mol. The Bertz CT molecular complexity index is 1420. The van der Waals surface area contributed by atoms with E-state index in [-0.39, 0.29) is 42.0 Å². The number of carbonyl (C=O) groups excluding carboxylic acids is 1. The number of aliphatic hydroxyl groups excluding tert-OH is 1. The number of H-pyrrole nitrogens is 1. The zero-order valence-electron chi connectivity index (χ0n) is 21.2. The lowest BCUT2D eigenvalue weighted by Gasteiger charge is -2.25. The van der Waals surface area contributed by atoms with E-state index < -0.39 is 43.4 Å². The molecule has 3 aromatic rings. The predicted octanol–water partition coefficient (Wildman–Crippen LogP) is 2.31. The second-order valence-corrected chi connectivity index (χ2v) is 11.0. The van der Waals surface area contributed by atoms with Crippen molar-refractivity contribution in [3.63, 3.8) is 0 Å². The van der Waals surface area contributed by atoms with Crippen LogP contribution in [0.4, 0.5) is 5.95 Å². The van der Waals surface area contributed by atoms with Gasteiger partial charge in [-0.1, -0.05) is 24.8 Å². The second kappa shape index (κ2) is 11.1. The van der Waals surface area contributed by atoms with Crippen LogP contribution in [0.15, 0.2) is 53.6 Å². The topological polar surface area (TPSA) is 184 Å². The lowest BCUT2D eigenvalue weighted by molar-refractivity contribution is -0.149. The number of carbonyl (C=O) groups is 1. The number of hydrogen-bond acceptors (Lipinski definition) is 10. The van der Waals surface area contributed by atoms with Crippen molar-refractivity contribution in [2.24, 2.45) is 5.92 Å². The van der Waals surface area contributed by atoms with E-state index in [2.05, 4.69) is 26.6 Å². The van der Waals surface area contributed by atoms with Gasteiger partial charge >= 0.3 is 13.7 Å². The van der Waals surface area contributed by atoms with Crippen LogP contribution in [-0.4, -0.2) is 55.5 Å². The largest absolute Gasteiger partial charge is 0.462 e. The fourth-order valence-corrected chi connectivity index (χ4v) is 5.75. The molecule has 0 aliphatic heterocycles. The van der Waals surface area contributed by atoms with E-state index in [4.69, 9.17) is 19.5 Å². The van der Waals surface area contributed by atoms with Gasteiger partial charge in [-0.25, -0.2) is 9.55 Å². The molecule has 0 bridgehead atoms. The number of nitrogens with two attached hydrogens (primary N) is 1. The van der Waals surface area contributed by atoms with Gasteiger partial charge in [0.1, 0.15) is 11.8 Å². The Morgan fingerprint density at radius 2 is 2.05 bits per heavy atom. The summed E-state index contributed by atoms with van der Waals surface area (Å²) in [6.45, 7) is 8.78. The van der Waals surface area contributed by atoms with Crippen molar-refractivity contribution >= 4 is 30.8 Å². The average molecular weight is 547 g/mol. The zero-order chi connectivity index (χ0) is 27.6. The van der Waals surface area contributed by atoms with Crippen LogP contribution in [0.25, 0.3) is 11.2 Å². The maximum atomic E-state index is 13.8. The standard InChI is InChI=1S/C24H31N6O7P/c1-13(2)36-23(33)15(4)29-38(34,37-16-8-6-5-7-9-16)35-11-17-14(3)18(10-19(17)31)30-12-26-20-21(30)27-24(25)28-22(20)32/h5-9,12-13,15,17-19,31H,3,10-11H2,1-2,4H3,(H,29,34)(H3,25,27,28,32)/t15-,17-,18-,19-,38+/m0/s1. The van der Waals surface area contributed by atoms with Crippen LogP contribution in [0.3, 0.4) is 0 Å². The van der Waals surface area contributed by atoms with Crippen molar-refractivity contribution in [2.75, 3.05) is 12.3 Å². The van der Waals surface area contributed by atoms with Crippen molar-refractivity contribution < 1.29 is 28.3 Å². The van der Waals surface area contributed by atoms with E-state index in [1.807, 2.05) is 0 Å². The lowest BCUT2D eigenvalue weighted by atomic mass is 10.0. The number of nitrogens with zero attached hydrogens (tertiary/aromatic N) is 3. The van der Waals surface area contributed by atoms with E-state index in [1.54, 1.807) is 48.7 Å². The van der Waals surface area contributed by atoms with E-state index in [1.165, 1.54) is 13.3 Å². The molecule has 0 amide bonds. The van der Waals surface area contributed by atoms with E-state index in [0.29, 0.717) is 5.57 Å². The monoisotopic (exact) mass is 546 g/mol. The van der Waals surface area contributed by atoms with Gasteiger partial charge in [-0.3, -0.25) is 19.1 Å². The number of nitrogens with one attached hydrogen (secondary N) is 2. The summed E-state index contributed by atoms with van der Waals surface area (Å²) >= 11 is 0. The Labute approximate surface area is 218 Å². The maximum absolute atomic E-state index is 13.8. The number of rotatable bonds is 10. The Kier molecular flexibility index (Phi) is 8.02. The number of benzene rings is 1. The molecule has 0 unspecified atom stereocenters. The maximum Gasteiger partial charge on any atom is 0.459 e. The molecule has 38 heavy (non-hydrogen) atoms. The van der Waals surface area contributed by atoms with Crippen LogP contribution < -0.4 is 20.9 Å². The summed E-state index contributed by atoms with van der Waals surface area (Å²) in [6, 6.07) is 6.87. The number of esters is 1. The molecule has 13 nitrogen and oxygen atoms in total. The molecule has 0 spiro atoms. The first kappa shape index (κ1) is 27.5. The molecular weight excluding hydrogens is 515 g/mol. The summed E-state index contributed by atoms with van der Waals surface area (Å²) in [5, 5.41) is 13.5. The van der Waals surface area contributed by atoms with Crippen LogP contribution in [0, 0.1) is 5.92 Å². The van der Waals surface area contributed by atoms with Gasteiger partial charge < -0.3 is 24.7 Å². The van der Waals surface area contributed by atoms with Gasteiger partial charge in [0.2, 0.25) is 5.95 Å². The smallest absolute Gasteiger partial charge is 0.459 e. The molecule has 1 fully saturated rings. The summed E-state index contributed by atoms with van der Waals surface area (Å²) in [7, 11) is -4.13. The third-order valence-corrected chi connectivity index (χ3v) is 7.71. The Morgan fingerprint density at radius 1 is 1.34 bits per heavy atom. The normalized spacial score (nSPS) is 21.9. The van der Waals surface area contributed by atoms with Crippen LogP contribution in [0.5, 0.6) is 5.75 Å². The molecule has 2 aromatic heterocycles. The summed E-state index contributed by atoms with van der Waals surface area (Å²) in [4.78, 5) is 35.2. The molecule has 0 radical (unpaired) electrons. The van der Waals surface area contributed by atoms with Crippen molar-refractivity contribution in [1.82, 2.24) is 24.6 Å². The number of aliphatic hydroxyl groups is 1. The number of para-hydroxylation sites is 1. The summed E-state index contributed by atoms with van der Waals surface area (Å²) in [5.41, 5.74) is 6.13. The van der Waals surface area contributed by atoms with Gasteiger partial charge in [0.15, 0.2) is 11.2 Å². The van der Waals surface area contributed by atoms with Crippen molar-refractivity contribution in [3.8, 4) is 5.75 Å². The molecule has 1 saturated carbocycles. The molecule has 14 heteroatoms. The summed E-state index contributed by atoms with van der Waals surface area (Å²) < 4.78 is 32.0.